The Morgan fingerprint density at radius 2 is 1.95 bits per heavy atom. The molecule has 1 aromatic rings. The maximum atomic E-state index is 12.3. The summed E-state index contributed by atoms with van der Waals surface area (Å²) in [6.45, 7) is 0. The summed E-state index contributed by atoms with van der Waals surface area (Å²) >= 11 is 5.94. The van der Waals surface area contributed by atoms with E-state index in [2.05, 4.69) is 0 Å². The molecule has 1 aliphatic rings. The van der Waals surface area contributed by atoms with Gasteiger partial charge in [0, 0.05) is 24.7 Å². The highest BCUT2D eigenvalue weighted by Crippen LogP contribution is 2.28. The van der Waals surface area contributed by atoms with E-state index in [0.29, 0.717) is 6.42 Å². The molecule has 5 nitrogen and oxygen atoms in total. The maximum absolute atomic E-state index is 12.3. The molecule has 1 aliphatic carbocycles. The van der Waals surface area contributed by atoms with Crippen LogP contribution in [0.15, 0.2) is 34.4 Å². The second kappa shape index (κ2) is 5.61. The summed E-state index contributed by atoms with van der Waals surface area (Å²) in [5, 5.41) is 9.68. The monoisotopic (exact) mass is 328 g/mol. The van der Waals surface area contributed by atoms with Gasteiger partial charge >= 0.3 is 0 Å². The van der Waals surface area contributed by atoms with Gasteiger partial charge in [0.05, 0.1) is 9.92 Å². The lowest BCUT2D eigenvalue weighted by molar-refractivity contribution is -0.116. The molecule has 2 rings (SSSR count). The van der Waals surface area contributed by atoms with Crippen LogP contribution in [0.4, 0.5) is 0 Å². The maximum Gasteiger partial charge on any atom is 0.201 e. The lowest BCUT2D eigenvalue weighted by Crippen LogP contribution is -2.20. The molecule has 0 spiro atoms. The lowest BCUT2D eigenvalue weighted by atomic mass is 9.90. The lowest BCUT2D eigenvalue weighted by Gasteiger charge is -2.14. The van der Waals surface area contributed by atoms with Crippen LogP contribution < -0.4 is 0 Å². The predicted octanol–water partition coefficient (Wildman–Crippen LogP) is 2.49. The fourth-order valence-electron chi connectivity index (χ4n) is 2.13. The van der Waals surface area contributed by atoms with Crippen LogP contribution in [0.2, 0.25) is 5.02 Å². The number of Topliss-reactive ketones (excluding diaryl/α,β-unsaturated/α-hetero) is 2. The third kappa shape index (κ3) is 3.16. The smallest absolute Gasteiger partial charge is 0.201 e. The average Bonchev–Trinajstić information content (AvgIpc) is 2.37. The Morgan fingerprint density at radius 1 is 1.29 bits per heavy atom. The van der Waals surface area contributed by atoms with Gasteiger partial charge in [-0.05, 0) is 24.6 Å². The van der Waals surface area contributed by atoms with E-state index >= 15 is 0 Å². The Bertz CT molecular complexity index is 762. The molecule has 1 aromatic carbocycles. The number of hydrogen-bond donors (Lipinski definition) is 1. The van der Waals surface area contributed by atoms with E-state index in [-0.39, 0.29) is 39.7 Å². The molecule has 0 aromatic heterocycles. The Kier molecular flexibility index (Phi) is 4.20. The quantitative estimate of drug-likeness (QED) is 0.680. The highest BCUT2D eigenvalue weighted by atomic mass is 35.5. The van der Waals surface area contributed by atoms with Gasteiger partial charge in [0.2, 0.25) is 5.78 Å². The van der Waals surface area contributed by atoms with Gasteiger partial charge in [-0.2, -0.15) is 0 Å². The molecule has 7 heteroatoms. The van der Waals surface area contributed by atoms with E-state index in [9.17, 15) is 23.1 Å². The van der Waals surface area contributed by atoms with Crippen molar-refractivity contribution in [3.63, 3.8) is 0 Å². The Hall–Kier alpha value is -1.66. The summed E-state index contributed by atoms with van der Waals surface area (Å²) in [4.78, 5) is 24.1. The first-order valence-corrected chi connectivity index (χ1v) is 8.48. The minimum Gasteiger partial charge on any atom is -0.511 e. The van der Waals surface area contributed by atoms with Gasteiger partial charge in [-0.15, -0.1) is 0 Å². The number of ketones is 2. The predicted molar refractivity (Wildman–Crippen MR) is 77.4 cm³/mol. The number of aliphatic hydroxyl groups is 1. The minimum atomic E-state index is -3.44. The number of benzene rings is 1. The summed E-state index contributed by atoms with van der Waals surface area (Å²) < 4.78 is 22.9. The van der Waals surface area contributed by atoms with Crippen LogP contribution in [0.1, 0.15) is 29.6 Å². The topological polar surface area (TPSA) is 88.5 Å². The van der Waals surface area contributed by atoms with E-state index in [1.165, 1.54) is 12.1 Å². The largest absolute Gasteiger partial charge is 0.511 e. The van der Waals surface area contributed by atoms with Gasteiger partial charge in [-0.1, -0.05) is 11.6 Å². The highest BCUT2D eigenvalue weighted by Gasteiger charge is 2.28. The summed E-state index contributed by atoms with van der Waals surface area (Å²) in [7, 11) is -3.44. The summed E-state index contributed by atoms with van der Waals surface area (Å²) in [5.74, 6) is -1.34. The van der Waals surface area contributed by atoms with E-state index in [0.717, 1.165) is 12.3 Å². The van der Waals surface area contributed by atoms with Crippen molar-refractivity contribution in [2.24, 2.45) is 0 Å². The van der Waals surface area contributed by atoms with Crippen molar-refractivity contribution in [3.8, 4) is 0 Å². The van der Waals surface area contributed by atoms with Crippen LogP contribution in [0.25, 0.3) is 0 Å². The first-order chi connectivity index (χ1) is 9.71. The molecule has 21 heavy (non-hydrogen) atoms. The van der Waals surface area contributed by atoms with Gasteiger partial charge in [0.25, 0.3) is 0 Å². The highest BCUT2D eigenvalue weighted by molar-refractivity contribution is 7.90. The molecule has 0 unspecified atom stereocenters. The molecule has 0 aliphatic heterocycles. The number of carbonyl (C=O) groups excluding carboxylic acids is 2. The molecule has 0 saturated carbocycles. The SMILES string of the molecule is CS(=O)(=O)c1ccc(C(=O)C2=C(O)CCCC2=O)c(Cl)c1. The van der Waals surface area contributed by atoms with E-state index in [1.54, 1.807) is 0 Å². The number of aliphatic hydroxyl groups excluding tert-OH is 1. The summed E-state index contributed by atoms with van der Waals surface area (Å²) in [6.07, 6.45) is 2.00. The van der Waals surface area contributed by atoms with Crippen molar-refractivity contribution >= 4 is 33.0 Å². The van der Waals surface area contributed by atoms with Gasteiger partial charge < -0.3 is 5.11 Å². The normalized spacial score (nSPS) is 16.2. The number of halogens is 1. The van der Waals surface area contributed by atoms with E-state index in [1.807, 2.05) is 0 Å². The van der Waals surface area contributed by atoms with Crippen LogP contribution >= 0.6 is 11.6 Å². The molecule has 1 N–H and O–H groups in total. The first-order valence-electron chi connectivity index (χ1n) is 6.21. The average molecular weight is 329 g/mol. The third-order valence-electron chi connectivity index (χ3n) is 3.23. The minimum absolute atomic E-state index is 0.000802. The number of rotatable bonds is 3. The number of hydrogen-bond acceptors (Lipinski definition) is 5. The fourth-order valence-corrected chi connectivity index (χ4v) is 3.11. The van der Waals surface area contributed by atoms with E-state index < -0.39 is 21.4 Å². The summed E-state index contributed by atoms with van der Waals surface area (Å²) in [5.41, 5.74) is -0.254. The number of allylic oxidation sites excluding steroid dienone is 2. The standard InChI is InChI=1S/C14H13ClO5S/c1-21(19,20)8-5-6-9(10(15)7-8)14(18)13-11(16)3-2-4-12(13)17/h5-7,16H,2-4H2,1H3. The van der Waals surface area contributed by atoms with Crippen LogP contribution in [0.3, 0.4) is 0 Å². The molecular weight excluding hydrogens is 316 g/mol. The molecule has 0 radical (unpaired) electrons. The first kappa shape index (κ1) is 15.7. The van der Waals surface area contributed by atoms with Gasteiger partial charge in [0.1, 0.15) is 11.3 Å². The van der Waals surface area contributed by atoms with Crippen molar-refractivity contribution < 1.29 is 23.1 Å². The molecule has 0 saturated heterocycles. The van der Waals surface area contributed by atoms with Crippen molar-refractivity contribution in [3.05, 3.63) is 40.1 Å². The van der Waals surface area contributed by atoms with Gasteiger partial charge in [-0.25, -0.2) is 8.42 Å². The number of sulfone groups is 1. The molecule has 0 atom stereocenters. The molecule has 112 valence electrons. The second-order valence-corrected chi connectivity index (χ2v) is 7.26. The van der Waals surface area contributed by atoms with Crippen molar-refractivity contribution in [1.82, 2.24) is 0 Å². The van der Waals surface area contributed by atoms with Gasteiger partial charge in [0.15, 0.2) is 15.6 Å². The Labute approximate surface area is 127 Å². The molecule has 0 bridgehead atoms. The zero-order chi connectivity index (χ0) is 15.8. The molecule has 0 heterocycles. The zero-order valence-electron chi connectivity index (χ0n) is 11.2. The van der Waals surface area contributed by atoms with Gasteiger partial charge in [-0.3, -0.25) is 9.59 Å². The van der Waals surface area contributed by atoms with Crippen molar-refractivity contribution in [2.45, 2.75) is 24.2 Å². The zero-order valence-corrected chi connectivity index (χ0v) is 12.8. The van der Waals surface area contributed by atoms with Crippen LogP contribution in [-0.4, -0.2) is 31.3 Å². The summed E-state index contributed by atoms with van der Waals surface area (Å²) in [6, 6.07) is 3.66. The van der Waals surface area contributed by atoms with E-state index in [4.69, 9.17) is 11.6 Å². The Morgan fingerprint density at radius 3 is 2.48 bits per heavy atom. The molecule has 0 fully saturated rings. The second-order valence-electron chi connectivity index (χ2n) is 4.84. The molecule has 0 amide bonds. The van der Waals surface area contributed by atoms with Crippen molar-refractivity contribution in [2.75, 3.05) is 6.26 Å². The Balaban J connectivity index is 2.48. The molecular formula is C14H13ClO5S. The van der Waals surface area contributed by atoms with Crippen molar-refractivity contribution in [1.29, 1.82) is 0 Å². The number of carbonyl (C=O) groups is 2. The van der Waals surface area contributed by atoms with Crippen LogP contribution in [0, 0.1) is 0 Å². The van der Waals surface area contributed by atoms with Crippen LogP contribution in [-0.2, 0) is 14.6 Å². The van der Waals surface area contributed by atoms with Crippen LogP contribution in [0.5, 0.6) is 0 Å². The third-order valence-corrected chi connectivity index (χ3v) is 4.65. The fraction of sp³-hybridized carbons (Fsp3) is 0.286.